The molecule has 4 rings (SSSR count). The number of amides is 1. The molecule has 11 heteroatoms. The van der Waals surface area contributed by atoms with E-state index in [2.05, 4.69) is 25.5 Å². The molecule has 1 amide bonds. The second-order valence-corrected chi connectivity index (χ2v) is 7.51. The third-order valence-corrected chi connectivity index (χ3v) is 4.76. The Morgan fingerprint density at radius 2 is 1.79 bits per heavy atom. The maximum atomic E-state index is 12.6. The highest BCUT2D eigenvalue weighted by molar-refractivity contribution is 6.33. The molecule has 0 saturated carbocycles. The number of nitrogens with one attached hydrogen (secondary N) is 2. The summed E-state index contributed by atoms with van der Waals surface area (Å²) in [7, 11) is 0. The number of halogens is 4. The summed E-state index contributed by atoms with van der Waals surface area (Å²) < 4.78 is 39.0. The summed E-state index contributed by atoms with van der Waals surface area (Å²) in [4.78, 5) is 14.1. The quantitative estimate of drug-likeness (QED) is 0.382. The van der Waals surface area contributed by atoms with E-state index in [9.17, 15) is 18.0 Å². The molecule has 2 aromatic heterocycles. The molecule has 0 fully saturated rings. The van der Waals surface area contributed by atoms with Crippen molar-refractivity contribution in [1.29, 1.82) is 0 Å². The number of nitrogens with zero attached hydrogens (tertiary/aromatic N) is 4. The van der Waals surface area contributed by atoms with Crippen LogP contribution in [0.3, 0.4) is 0 Å². The fraction of sp³-hybridized carbons (Fsp3) is 0.182. The molecular weight excluding hydrogens is 457 g/mol. The summed E-state index contributed by atoms with van der Waals surface area (Å²) >= 11 is 5.85. The Morgan fingerprint density at radius 3 is 2.42 bits per heavy atom. The molecular formula is C22H18ClF3N6O. The Balaban J connectivity index is 0.000000196. The van der Waals surface area contributed by atoms with Crippen molar-refractivity contribution >= 4 is 28.8 Å². The number of fused-ring (bicyclic) bond motifs is 1. The van der Waals surface area contributed by atoms with Crippen molar-refractivity contribution in [1.82, 2.24) is 19.8 Å². The standard InChI is InChI=1S/C12H9F3N4.C10H9ClN2O/c1-7-2-4-8(5-3-7)11-17-16-10-6-9(12(13,14)15)18-19(10)11;1-7-3-4-8(11)9(5-7)13-10(14)6-12-2/h2-6,18H,1H3;3-5H,6H2,1H3,(H,13,14). The van der Waals surface area contributed by atoms with Gasteiger partial charge in [0.1, 0.15) is 5.69 Å². The summed E-state index contributed by atoms with van der Waals surface area (Å²) in [6, 6.07) is 13.6. The van der Waals surface area contributed by atoms with Gasteiger partial charge in [-0.3, -0.25) is 9.89 Å². The molecule has 2 N–H and O–H groups in total. The highest BCUT2D eigenvalue weighted by atomic mass is 35.5. The van der Waals surface area contributed by atoms with Crippen LogP contribution < -0.4 is 5.32 Å². The second-order valence-electron chi connectivity index (χ2n) is 7.10. The predicted molar refractivity (Wildman–Crippen MR) is 119 cm³/mol. The first kappa shape index (κ1) is 23.8. The van der Waals surface area contributed by atoms with Crippen molar-refractivity contribution < 1.29 is 18.0 Å². The van der Waals surface area contributed by atoms with Crippen LogP contribution in [-0.4, -0.2) is 32.3 Å². The van der Waals surface area contributed by atoms with E-state index in [1.165, 1.54) is 4.52 Å². The van der Waals surface area contributed by atoms with Crippen molar-refractivity contribution in [2.24, 2.45) is 0 Å². The van der Waals surface area contributed by atoms with Crippen LogP contribution in [0.2, 0.25) is 5.02 Å². The van der Waals surface area contributed by atoms with Gasteiger partial charge in [0.15, 0.2) is 11.5 Å². The van der Waals surface area contributed by atoms with Gasteiger partial charge in [0.25, 0.3) is 6.54 Å². The highest BCUT2D eigenvalue weighted by Gasteiger charge is 2.33. The number of benzene rings is 2. The molecule has 0 aliphatic heterocycles. The zero-order valence-electron chi connectivity index (χ0n) is 17.5. The zero-order valence-corrected chi connectivity index (χ0v) is 18.3. The molecule has 0 aliphatic rings. The Hall–Kier alpha value is -3.84. The lowest BCUT2D eigenvalue weighted by atomic mass is 10.1. The van der Waals surface area contributed by atoms with E-state index < -0.39 is 11.9 Å². The lowest BCUT2D eigenvalue weighted by Gasteiger charge is -2.04. The Labute approximate surface area is 192 Å². The minimum Gasteiger partial charge on any atom is -0.318 e. The van der Waals surface area contributed by atoms with Crippen LogP contribution in [0.4, 0.5) is 18.9 Å². The molecule has 0 atom stereocenters. The minimum absolute atomic E-state index is 0.142. The van der Waals surface area contributed by atoms with E-state index in [1.54, 1.807) is 24.3 Å². The van der Waals surface area contributed by atoms with Gasteiger partial charge in [0.05, 0.1) is 10.7 Å². The van der Waals surface area contributed by atoms with Crippen LogP contribution in [0.1, 0.15) is 16.8 Å². The number of hydrogen-bond donors (Lipinski definition) is 2. The average Bonchev–Trinajstić information content (AvgIpc) is 3.33. The first-order valence-electron chi connectivity index (χ1n) is 9.56. The third kappa shape index (κ3) is 5.90. The molecule has 33 heavy (non-hydrogen) atoms. The van der Waals surface area contributed by atoms with E-state index in [0.29, 0.717) is 22.1 Å². The number of aryl methyl sites for hydroxylation is 2. The lowest BCUT2D eigenvalue weighted by molar-refractivity contribution is -0.141. The highest BCUT2D eigenvalue weighted by Crippen LogP contribution is 2.29. The summed E-state index contributed by atoms with van der Waals surface area (Å²) in [6.45, 7) is 10.2. The van der Waals surface area contributed by atoms with Crippen LogP contribution in [0, 0.1) is 20.4 Å². The average molecular weight is 475 g/mol. The molecule has 7 nitrogen and oxygen atoms in total. The lowest BCUT2D eigenvalue weighted by Crippen LogP contribution is -2.14. The van der Waals surface area contributed by atoms with Gasteiger partial charge in [-0.1, -0.05) is 47.5 Å². The van der Waals surface area contributed by atoms with E-state index >= 15 is 0 Å². The van der Waals surface area contributed by atoms with Gasteiger partial charge in [-0.05, 0) is 31.5 Å². The number of aromatic amines is 1. The summed E-state index contributed by atoms with van der Waals surface area (Å²) in [5.41, 5.74) is 2.63. The van der Waals surface area contributed by atoms with Crippen molar-refractivity contribution in [3.63, 3.8) is 0 Å². The Bertz CT molecular complexity index is 1320. The number of carbonyl (C=O) groups excluding carboxylic acids is 1. The monoisotopic (exact) mass is 474 g/mol. The molecule has 2 heterocycles. The maximum Gasteiger partial charge on any atom is 0.432 e. The van der Waals surface area contributed by atoms with Gasteiger partial charge in [-0.25, -0.2) is 11.1 Å². The molecule has 4 aromatic rings. The SMILES string of the molecule is Cc1ccc(-c2nnc3cc(C(F)(F)F)[nH]n23)cc1.[C-]#[N+]CC(=O)Nc1cc(C)ccc1Cl. The first-order valence-corrected chi connectivity index (χ1v) is 9.94. The van der Waals surface area contributed by atoms with Gasteiger partial charge in [-0.2, -0.15) is 13.2 Å². The van der Waals surface area contributed by atoms with Crippen LogP contribution >= 0.6 is 11.6 Å². The van der Waals surface area contributed by atoms with Crippen LogP contribution in [0.25, 0.3) is 21.9 Å². The number of anilines is 1. The van der Waals surface area contributed by atoms with E-state index in [0.717, 1.165) is 17.2 Å². The first-order chi connectivity index (χ1) is 15.6. The molecule has 0 aliphatic carbocycles. The van der Waals surface area contributed by atoms with Gasteiger partial charge in [-0.15, -0.1) is 10.2 Å². The van der Waals surface area contributed by atoms with Gasteiger partial charge in [0, 0.05) is 11.6 Å². The maximum absolute atomic E-state index is 12.6. The second kappa shape index (κ2) is 9.75. The number of carbonyl (C=O) groups is 1. The smallest absolute Gasteiger partial charge is 0.318 e. The molecule has 0 spiro atoms. The number of rotatable bonds is 3. The van der Waals surface area contributed by atoms with E-state index in [-0.39, 0.29) is 18.1 Å². The topological polar surface area (TPSA) is 79.4 Å². The van der Waals surface area contributed by atoms with E-state index in [4.69, 9.17) is 18.2 Å². The zero-order chi connectivity index (χ0) is 24.2. The van der Waals surface area contributed by atoms with Crippen molar-refractivity contribution in [3.8, 4) is 11.4 Å². The summed E-state index contributed by atoms with van der Waals surface area (Å²) in [6.07, 6.45) is -4.43. The van der Waals surface area contributed by atoms with Gasteiger partial charge < -0.3 is 10.2 Å². The predicted octanol–water partition coefficient (Wildman–Crippen LogP) is 5.56. The minimum atomic E-state index is -4.43. The van der Waals surface area contributed by atoms with Crippen LogP contribution in [-0.2, 0) is 11.0 Å². The normalized spacial score (nSPS) is 10.9. The number of hydrogen-bond acceptors (Lipinski definition) is 3. The molecule has 0 bridgehead atoms. The van der Waals surface area contributed by atoms with Crippen molar-refractivity contribution in [2.45, 2.75) is 20.0 Å². The molecule has 0 radical (unpaired) electrons. The Morgan fingerprint density at radius 1 is 1.12 bits per heavy atom. The number of alkyl halides is 3. The van der Waals surface area contributed by atoms with Crippen molar-refractivity contribution in [2.75, 3.05) is 11.9 Å². The number of aromatic nitrogens is 4. The van der Waals surface area contributed by atoms with Crippen LogP contribution in [0.5, 0.6) is 0 Å². The summed E-state index contributed by atoms with van der Waals surface area (Å²) in [5, 5.41) is 12.9. The van der Waals surface area contributed by atoms with Gasteiger partial charge in [0.2, 0.25) is 0 Å². The molecule has 170 valence electrons. The molecule has 2 aromatic carbocycles. The van der Waals surface area contributed by atoms with Gasteiger partial charge >= 0.3 is 12.1 Å². The molecule has 0 unspecified atom stereocenters. The fourth-order valence-corrected chi connectivity index (χ4v) is 2.98. The summed E-state index contributed by atoms with van der Waals surface area (Å²) in [5.74, 6) is 0.0120. The van der Waals surface area contributed by atoms with E-state index in [1.807, 2.05) is 32.0 Å². The third-order valence-electron chi connectivity index (χ3n) is 4.43. The largest absolute Gasteiger partial charge is 0.432 e. The Kier molecular flexibility index (Phi) is 7.04. The number of H-pyrrole nitrogens is 1. The fourth-order valence-electron chi connectivity index (χ4n) is 2.81. The van der Waals surface area contributed by atoms with Crippen molar-refractivity contribution in [3.05, 3.63) is 81.8 Å². The molecule has 0 saturated heterocycles. The van der Waals surface area contributed by atoms with Crippen LogP contribution in [0.15, 0.2) is 48.5 Å².